The van der Waals surface area contributed by atoms with Crippen LogP contribution in [0.1, 0.15) is 34.6 Å². The Labute approximate surface area is 132 Å². The second-order valence-corrected chi connectivity index (χ2v) is 7.22. The van der Waals surface area contributed by atoms with E-state index in [1.807, 2.05) is 24.4 Å². The molecule has 5 heteroatoms. The average molecular weight is 318 g/mol. The van der Waals surface area contributed by atoms with E-state index in [0.29, 0.717) is 5.92 Å². The smallest absolute Gasteiger partial charge is 0.263 e. The zero-order valence-electron chi connectivity index (χ0n) is 12.0. The molecule has 0 aromatic carbocycles. The Morgan fingerprint density at radius 1 is 1.48 bits per heavy atom. The van der Waals surface area contributed by atoms with Crippen LogP contribution >= 0.6 is 22.7 Å². The lowest BCUT2D eigenvalue weighted by molar-refractivity contribution is 0.0949. The van der Waals surface area contributed by atoms with E-state index in [9.17, 15) is 4.79 Å². The third-order valence-corrected chi connectivity index (χ3v) is 5.86. The molecule has 21 heavy (non-hydrogen) atoms. The lowest BCUT2D eigenvalue weighted by Gasteiger charge is -2.17. The van der Waals surface area contributed by atoms with Crippen molar-refractivity contribution >= 4 is 28.6 Å². The van der Waals surface area contributed by atoms with E-state index in [0.717, 1.165) is 39.8 Å². The summed E-state index contributed by atoms with van der Waals surface area (Å²) in [6.45, 7) is 2.67. The second-order valence-electron chi connectivity index (χ2n) is 5.27. The molecule has 3 rings (SSSR count). The first-order chi connectivity index (χ1) is 10.2. The molecule has 2 aromatic rings. The quantitative estimate of drug-likeness (QED) is 0.856. The lowest BCUT2D eigenvalue weighted by Crippen LogP contribution is -2.29. The molecule has 1 unspecified atom stereocenters. The van der Waals surface area contributed by atoms with Crippen LogP contribution in [0.2, 0.25) is 0 Å². The van der Waals surface area contributed by atoms with Crippen molar-refractivity contribution in [3.63, 3.8) is 0 Å². The number of allylic oxidation sites excluding steroid dienone is 2. The van der Waals surface area contributed by atoms with Gasteiger partial charge in [0, 0.05) is 6.54 Å². The summed E-state index contributed by atoms with van der Waals surface area (Å²) in [7, 11) is 0. The van der Waals surface area contributed by atoms with Crippen molar-refractivity contribution in [2.24, 2.45) is 5.92 Å². The van der Waals surface area contributed by atoms with Gasteiger partial charge in [0.05, 0.1) is 10.6 Å². The minimum absolute atomic E-state index is 0.0161. The highest BCUT2D eigenvalue weighted by molar-refractivity contribution is 7.22. The largest absolute Gasteiger partial charge is 0.351 e. The number of carbonyl (C=O) groups is 1. The van der Waals surface area contributed by atoms with Gasteiger partial charge in [-0.15, -0.1) is 22.7 Å². The van der Waals surface area contributed by atoms with E-state index in [1.165, 1.54) is 17.8 Å². The van der Waals surface area contributed by atoms with Gasteiger partial charge in [0.1, 0.15) is 9.88 Å². The van der Waals surface area contributed by atoms with E-state index in [1.54, 1.807) is 11.3 Å². The molecule has 0 bridgehead atoms. The molecule has 1 N–H and O–H groups in total. The van der Waals surface area contributed by atoms with Crippen molar-refractivity contribution in [1.82, 2.24) is 10.3 Å². The summed E-state index contributed by atoms with van der Waals surface area (Å²) in [4.78, 5) is 18.7. The van der Waals surface area contributed by atoms with Gasteiger partial charge in [0.15, 0.2) is 0 Å². The Bertz CT molecular complexity index is 643. The maximum absolute atomic E-state index is 12.3. The Hall–Kier alpha value is -1.46. The van der Waals surface area contributed by atoms with Gasteiger partial charge < -0.3 is 5.32 Å². The number of carbonyl (C=O) groups excluding carboxylic acids is 1. The zero-order chi connectivity index (χ0) is 14.7. The number of rotatable bonds is 4. The maximum atomic E-state index is 12.3. The van der Waals surface area contributed by atoms with Crippen LogP contribution in [0.15, 0.2) is 29.7 Å². The van der Waals surface area contributed by atoms with Gasteiger partial charge >= 0.3 is 0 Å². The fourth-order valence-electron chi connectivity index (χ4n) is 2.47. The first-order valence-corrected chi connectivity index (χ1v) is 8.88. The number of aryl methyl sites for hydroxylation is 1. The standard InChI is InChI=1S/C16H18N2OS2/c1-11-14(21-16(18-11)13-8-5-9-20-13)15(19)17-10-12-6-3-2-4-7-12/h2-3,5,8-9,12H,4,6-7,10H2,1H3,(H,17,19). The van der Waals surface area contributed by atoms with Crippen LogP contribution < -0.4 is 5.32 Å². The van der Waals surface area contributed by atoms with Crippen molar-refractivity contribution in [1.29, 1.82) is 0 Å². The summed E-state index contributed by atoms with van der Waals surface area (Å²) in [5.41, 5.74) is 0.824. The second kappa shape index (κ2) is 6.54. The van der Waals surface area contributed by atoms with Gasteiger partial charge in [-0.3, -0.25) is 4.79 Å². The predicted octanol–water partition coefficient (Wildman–Crippen LogP) is 4.27. The van der Waals surface area contributed by atoms with E-state index in [-0.39, 0.29) is 5.91 Å². The highest BCUT2D eigenvalue weighted by atomic mass is 32.1. The molecule has 1 aliphatic carbocycles. The minimum atomic E-state index is 0.0161. The fraction of sp³-hybridized carbons (Fsp3) is 0.375. The molecule has 0 radical (unpaired) electrons. The van der Waals surface area contributed by atoms with Crippen LogP contribution in [0.5, 0.6) is 0 Å². The summed E-state index contributed by atoms with van der Waals surface area (Å²) in [5.74, 6) is 0.589. The molecule has 1 amide bonds. The van der Waals surface area contributed by atoms with Crippen molar-refractivity contribution in [3.05, 3.63) is 40.2 Å². The molecule has 0 aliphatic heterocycles. The highest BCUT2D eigenvalue weighted by Gasteiger charge is 2.18. The molecule has 2 aromatic heterocycles. The van der Waals surface area contributed by atoms with Crippen LogP contribution in [0, 0.1) is 12.8 Å². The number of thiazole rings is 1. The molecule has 3 nitrogen and oxygen atoms in total. The van der Waals surface area contributed by atoms with Gasteiger partial charge in [-0.2, -0.15) is 0 Å². The summed E-state index contributed by atoms with van der Waals surface area (Å²) in [6, 6.07) is 4.05. The molecule has 0 fully saturated rings. The molecule has 1 aliphatic rings. The third kappa shape index (κ3) is 3.41. The van der Waals surface area contributed by atoms with Crippen molar-refractivity contribution in [2.75, 3.05) is 6.54 Å². The molecule has 0 spiro atoms. The van der Waals surface area contributed by atoms with Crippen LogP contribution in [0.3, 0.4) is 0 Å². The highest BCUT2D eigenvalue weighted by Crippen LogP contribution is 2.31. The number of amides is 1. The molecule has 1 atom stereocenters. The molecule has 0 saturated heterocycles. The Balaban J connectivity index is 1.65. The monoisotopic (exact) mass is 318 g/mol. The molecular weight excluding hydrogens is 300 g/mol. The first-order valence-electron chi connectivity index (χ1n) is 7.18. The van der Waals surface area contributed by atoms with E-state index in [4.69, 9.17) is 0 Å². The fourth-order valence-corrected chi connectivity index (χ4v) is 4.25. The predicted molar refractivity (Wildman–Crippen MR) is 89.0 cm³/mol. The minimum Gasteiger partial charge on any atom is -0.351 e. The van der Waals surface area contributed by atoms with Crippen LogP contribution in [0.4, 0.5) is 0 Å². The van der Waals surface area contributed by atoms with Crippen molar-refractivity contribution in [3.8, 4) is 9.88 Å². The maximum Gasteiger partial charge on any atom is 0.263 e. The summed E-state index contributed by atoms with van der Waals surface area (Å²) in [6.07, 6.45) is 7.80. The van der Waals surface area contributed by atoms with Crippen molar-refractivity contribution in [2.45, 2.75) is 26.2 Å². The zero-order valence-corrected chi connectivity index (χ0v) is 13.6. The van der Waals surface area contributed by atoms with Gasteiger partial charge in [0.2, 0.25) is 0 Å². The Morgan fingerprint density at radius 2 is 2.38 bits per heavy atom. The molecule has 110 valence electrons. The van der Waals surface area contributed by atoms with Crippen LogP contribution in [0.25, 0.3) is 9.88 Å². The Kier molecular flexibility index (Phi) is 4.51. The molecule has 2 heterocycles. The number of hydrogen-bond donors (Lipinski definition) is 1. The number of hydrogen-bond acceptors (Lipinski definition) is 4. The summed E-state index contributed by atoms with van der Waals surface area (Å²) >= 11 is 3.14. The van der Waals surface area contributed by atoms with E-state index in [2.05, 4.69) is 22.5 Å². The van der Waals surface area contributed by atoms with Gasteiger partial charge in [-0.05, 0) is 43.6 Å². The normalized spacial score (nSPS) is 17.9. The van der Waals surface area contributed by atoms with Crippen molar-refractivity contribution < 1.29 is 4.79 Å². The van der Waals surface area contributed by atoms with Crippen LogP contribution in [-0.2, 0) is 0 Å². The van der Waals surface area contributed by atoms with E-state index < -0.39 is 0 Å². The molecular formula is C16H18N2OS2. The third-order valence-electron chi connectivity index (χ3n) is 3.66. The van der Waals surface area contributed by atoms with Gasteiger partial charge in [-0.1, -0.05) is 18.2 Å². The number of thiophene rings is 1. The first kappa shape index (κ1) is 14.5. The topological polar surface area (TPSA) is 42.0 Å². The average Bonchev–Trinajstić information content (AvgIpc) is 3.15. The van der Waals surface area contributed by atoms with E-state index >= 15 is 0 Å². The van der Waals surface area contributed by atoms with Gasteiger partial charge in [0.25, 0.3) is 5.91 Å². The Morgan fingerprint density at radius 3 is 3.10 bits per heavy atom. The number of nitrogens with zero attached hydrogens (tertiary/aromatic N) is 1. The number of aromatic nitrogens is 1. The van der Waals surface area contributed by atoms with Gasteiger partial charge in [-0.25, -0.2) is 4.98 Å². The molecule has 0 saturated carbocycles. The number of nitrogens with one attached hydrogen (secondary N) is 1. The SMILES string of the molecule is Cc1nc(-c2cccs2)sc1C(=O)NCC1CC=CCC1. The summed E-state index contributed by atoms with van der Waals surface area (Å²) < 4.78 is 0. The summed E-state index contributed by atoms with van der Waals surface area (Å²) in [5, 5.41) is 6.04. The van der Waals surface area contributed by atoms with Crippen LogP contribution in [-0.4, -0.2) is 17.4 Å². The lowest BCUT2D eigenvalue weighted by atomic mass is 9.94.